The third kappa shape index (κ3) is 4.90. The van der Waals surface area contributed by atoms with Crippen LogP contribution >= 0.6 is 0 Å². The number of carbonyl (C=O) groups is 1. The van der Waals surface area contributed by atoms with E-state index in [1.165, 1.54) is 0 Å². The predicted molar refractivity (Wildman–Crippen MR) is 63.8 cm³/mol. The van der Waals surface area contributed by atoms with Crippen LogP contribution in [0.25, 0.3) is 0 Å². The van der Waals surface area contributed by atoms with Crippen molar-refractivity contribution >= 4 is 5.97 Å². The lowest BCUT2D eigenvalue weighted by atomic mass is 10.0. The van der Waals surface area contributed by atoms with E-state index in [2.05, 4.69) is 0 Å². The summed E-state index contributed by atoms with van der Waals surface area (Å²) in [5.41, 5.74) is 5.45. The number of ether oxygens (including phenoxy) is 1. The summed E-state index contributed by atoms with van der Waals surface area (Å²) in [6.45, 7) is 3.37. The van der Waals surface area contributed by atoms with E-state index in [1.807, 2.05) is 0 Å². The maximum absolute atomic E-state index is 13.4. The first-order chi connectivity index (χ1) is 8.79. The molecule has 6 heteroatoms. The van der Waals surface area contributed by atoms with Gasteiger partial charge in [0.05, 0.1) is 12.5 Å². The Bertz CT molecular complexity index is 463. The average Bonchev–Trinajstić information content (AvgIpc) is 2.23. The first kappa shape index (κ1) is 15.5. The van der Waals surface area contributed by atoms with Crippen LogP contribution in [0.1, 0.15) is 25.8 Å². The normalized spacial score (nSPS) is 12.6. The van der Waals surface area contributed by atoms with Gasteiger partial charge < -0.3 is 10.5 Å². The highest BCUT2D eigenvalue weighted by atomic mass is 19.2. The smallest absolute Gasteiger partial charge is 0.307 e. The van der Waals surface area contributed by atoms with Gasteiger partial charge >= 0.3 is 5.97 Å². The van der Waals surface area contributed by atoms with Gasteiger partial charge in [0.15, 0.2) is 11.6 Å². The molecule has 0 saturated heterocycles. The van der Waals surface area contributed by atoms with Gasteiger partial charge in [-0.2, -0.15) is 0 Å². The van der Waals surface area contributed by atoms with Crippen LogP contribution in [0.3, 0.4) is 0 Å². The van der Waals surface area contributed by atoms with Crippen molar-refractivity contribution < 1.29 is 22.7 Å². The Morgan fingerprint density at radius 3 is 2.53 bits per heavy atom. The van der Waals surface area contributed by atoms with E-state index in [0.29, 0.717) is 6.07 Å². The molecule has 0 saturated carbocycles. The first-order valence-electron chi connectivity index (χ1n) is 5.88. The Morgan fingerprint density at radius 2 is 1.95 bits per heavy atom. The zero-order chi connectivity index (χ0) is 14.6. The highest BCUT2D eigenvalue weighted by Gasteiger charge is 2.17. The second kappa shape index (κ2) is 6.56. The maximum Gasteiger partial charge on any atom is 0.307 e. The summed E-state index contributed by atoms with van der Waals surface area (Å²) in [7, 11) is 0. The Hall–Kier alpha value is -1.56. The average molecular weight is 275 g/mol. The highest BCUT2D eigenvalue weighted by molar-refractivity contribution is 5.70. The van der Waals surface area contributed by atoms with Gasteiger partial charge in [0.1, 0.15) is 5.82 Å². The topological polar surface area (TPSA) is 52.3 Å². The third-order valence-corrected chi connectivity index (χ3v) is 2.35. The van der Waals surface area contributed by atoms with Gasteiger partial charge in [-0.05, 0) is 31.9 Å². The quantitative estimate of drug-likeness (QED) is 0.662. The fraction of sp³-hybridized carbons (Fsp3) is 0.462. The molecule has 0 aliphatic heterocycles. The lowest BCUT2D eigenvalue weighted by Gasteiger charge is -2.13. The molecule has 0 aliphatic carbocycles. The Balaban J connectivity index is 2.67. The molecule has 19 heavy (non-hydrogen) atoms. The predicted octanol–water partition coefficient (Wildman–Crippen LogP) is 2.32. The molecular formula is C13H16F3NO2. The zero-order valence-corrected chi connectivity index (χ0v) is 10.8. The molecule has 1 aromatic rings. The minimum Gasteiger partial charge on any atom is -0.463 e. The second-order valence-corrected chi connectivity index (χ2v) is 4.57. The van der Waals surface area contributed by atoms with E-state index in [0.717, 1.165) is 6.07 Å². The van der Waals surface area contributed by atoms with Crippen LogP contribution in [0, 0.1) is 17.5 Å². The van der Waals surface area contributed by atoms with E-state index in [1.54, 1.807) is 13.8 Å². The molecule has 0 radical (unpaired) electrons. The summed E-state index contributed by atoms with van der Waals surface area (Å²) in [6, 6.07) is 0.561. The van der Waals surface area contributed by atoms with Crippen LogP contribution in [-0.2, 0) is 16.0 Å². The van der Waals surface area contributed by atoms with Gasteiger partial charge in [0.25, 0.3) is 0 Å². The second-order valence-electron chi connectivity index (χ2n) is 4.57. The molecule has 0 amide bonds. The van der Waals surface area contributed by atoms with E-state index in [4.69, 9.17) is 10.5 Å². The van der Waals surface area contributed by atoms with E-state index < -0.39 is 29.5 Å². The summed E-state index contributed by atoms with van der Waals surface area (Å²) in [5.74, 6) is -3.83. The molecule has 0 fully saturated rings. The molecule has 3 nitrogen and oxygen atoms in total. The lowest BCUT2D eigenvalue weighted by molar-refractivity contribution is -0.147. The van der Waals surface area contributed by atoms with Crippen molar-refractivity contribution in [3.63, 3.8) is 0 Å². The lowest BCUT2D eigenvalue weighted by Crippen LogP contribution is -2.28. The van der Waals surface area contributed by atoms with Crippen molar-refractivity contribution in [3.05, 3.63) is 35.1 Å². The third-order valence-electron chi connectivity index (χ3n) is 2.35. The number of rotatable bonds is 5. The van der Waals surface area contributed by atoms with E-state index in [-0.39, 0.29) is 24.5 Å². The van der Waals surface area contributed by atoms with Crippen LogP contribution in [0.15, 0.2) is 12.1 Å². The molecule has 0 aliphatic rings. The van der Waals surface area contributed by atoms with Crippen molar-refractivity contribution in [1.82, 2.24) is 0 Å². The van der Waals surface area contributed by atoms with Gasteiger partial charge in [0, 0.05) is 12.1 Å². The molecule has 0 spiro atoms. The number of hydrogen-bond donors (Lipinski definition) is 1. The fourth-order valence-electron chi connectivity index (χ4n) is 1.64. The maximum atomic E-state index is 13.4. The number of hydrogen-bond acceptors (Lipinski definition) is 3. The molecule has 1 unspecified atom stereocenters. The summed E-state index contributed by atoms with van der Waals surface area (Å²) < 4.78 is 44.2. The van der Waals surface area contributed by atoms with E-state index >= 15 is 0 Å². The molecule has 0 aromatic heterocycles. The summed E-state index contributed by atoms with van der Waals surface area (Å²) in [6.07, 6.45) is -0.563. The van der Waals surface area contributed by atoms with Crippen molar-refractivity contribution in [2.24, 2.45) is 5.73 Å². The van der Waals surface area contributed by atoms with Crippen molar-refractivity contribution in [2.45, 2.75) is 38.8 Å². The van der Waals surface area contributed by atoms with Crippen LogP contribution in [0.5, 0.6) is 0 Å². The monoisotopic (exact) mass is 275 g/mol. The summed E-state index contributed by atoms with van der Waals surface area (Å²) in [5, 5.41) is 0. The van der Waals surface area contributed by atoms with Gasteiger partial charge in [-0.3, -0.25) is 4.79 Å². The first-order valence-corrected chi connectivity index (χ1v) is 5.88. The fourth-order valence-corrected chi connectivity index (χ4v) is 1.64. The Labute approximate surface area is 109 Å². The van der Waals surface area contributed by atoms with Gasteiger partial charge in [-0.1, -0.05) is 0 Å². The number of benzene rings is 1. The standard InChI is InChI=1S/C13H16F3NO2/c1-7(2)19-12(18)6-10(17)4-8-3-9(14)5-11(15)13(8)16/h3,5,7,10H,4,6,17H2,1-2H3. The number of halogens is 3. The molecule has 0 heterocycles. The van der Waals surface area contributed by atoms with Crippen molar-refractivity contribution in [1.29, 1.82) is 0 Å². The van der Waals surface area contributed by atoms with Crippen LogP contribution in [0.2, 0.25) is 0 Å². The SMILES string of the molecule is CC(C)OC(=O)CC(N)Cc1cc(F)cc(F)c1F. The molecule has 2 N–H and O–H groups in total. The van der Waals surface area contributed by atoms with Gasteiger partial charge in [-0.25, -0.2) is 13.2 Å². The molecular weight excluding hydrogens is 259 g/mol. The molecule has 1 atom stereocenters. The number of esters is 1. The van der Waals surface area contributed by atoms with Crippen LogP contribution < -0.4 is 5.73 Å². The largest absolute Gasteiger partial charge is 0.463 e. The summed E-state index contributed by atoms with van der Waals surface area (Å²) >= 11 is 0. The van der Waals surface area contributed by atoms with Crippen LogP contribution in [0.4, 0.5) is 13.2 Å². The van der Waals surface area contributed by atoms with Crippen LogP contribution in [-0.4, -0.2) is 18.1 Å². The summed E-state index contributed by atoms with van der Waals surface area (Å²) in [4.78, 5) is 11.3. The van der Waals surface area contributed by atoms with E-state index in [9.17, 15) is 18.0 Å². The Kier molecular flexibility index (Phi) is 5.35. The highest BCUT2D eigenvalue weighted by Crippen LogP contribution is 2.16. The number of nitrogens with two attached hydrogens (primary N) is 1. The van der Waals surface area contributed by atoms with Crippen molar-refractivity contribution in [3.8, 4) is 0 Å². The van der Waals surface area contributed by atoms with Crippen molar-refractivity contribution in [2.75, 3.05) is 0 Å². The molecule has 106 valence electrons. The number of carbonyl (C=O) groups excluding carboxylic acids is 1. The van der Waals surface area contributed by atoms with Gasteiger partial charge in [-0.15, -0.1) is 0 Å². The molecule has 1 aromatic carbocycles. The Morgan fingerprint density at radius 1 is 1.32 bits per heavy atom. The molecule has 1 rings (SSSR count). The zero-order valence-electron chi connectivity index (χ0n) is 10.8. The minimum absolute atomic E-state index is 0.143. The minimum atomic E-state index is -1.27. The molecule has 0 bridgehead atoms. The van der Waals surface area contributed by atoms with Gasteiger partial charge in [0.2, 0.25) is 0 Å².